The zero-order chi connectivity index (χ0) is 17.3. The van der Waals surface area contributed by atoms with Crippen LogP contribution >= 0.6 is 0 Å². The van der Waals surface area contributed by atoms with Crippen molar-refractivity contribution < 1.29 is 35.9 Å². The molecule has 2 rings (SSSR count). The molecule has 23 heavy (non-hydrogen) atoms. The summed E-state index contributed by atoms with van der Waals surface area (Å²) in [4.78, 5) is 10.7. The molecule has 2 aromatic rings. The number of aldehydes is 1. The lowest BCUT2D eigenvalue weighted by Gasteiger charge is -2.12. The molecule has 10 heteroatoms. The van der Waals surface area contributed by atoms with Crippen molar-refractivity contribution in [3.8, 4) is 16.9 Å². The highest BCUT2D eigenvalue weighted by Crippen LogP contribution is 2.34. The molecule has 0 aliphatic carbocycles. The fourth-order valence-electron chi connectivity index (χ4n) is 1.83. The first-order chi connectivity index (χ1) is 10.6. The third kappa shape index (κ3) is 4.73. The molecule has 1 aromatic carbocycles. The first-order valence-corrected chi connectivity index (χ1v) is 6.02. The third-order valence-electron chi connectivity index (χ3n) is 2.65. The van der Waals surface area contributed by atoms with Crippen LogP contribution in [0.4, 0.5) is 26.3 Å². The average molecular weight is 338 g/mol. The van der Waals surface area contributed by atoms with E-state index in [1.807, 2.05) is 0 Å². The summed E-state index contributed by atoms with van der Waals surface area (Å²) in [7, 11) is 0. The van der Waals surface area contributed by atoms with E-state index >= 15 is 0 Å². The van der Waals surface area contributed by atoms with Gasteiger partial charge in [-0.05, 0) is 18.2 Å². The first-order valence-electron chi connectivity index (χ1n) is 6.02. The monoisotopic (exact) mass is 338 g/mol. The van der Waals surface area contributed by atoms with Gasteiger partial charge >= 0.3 is 12.5 Å². The van der Waals surface area contributed by atoms with Gasteiger partial charge in [0.1, 0.15) is 18.6 Å². The summed E-state index contributed by atoms with van der Waals surface area (Å²) in [6.45, 7) is -1.39. The molecule has 0 N–H and O–H groups in total. The van der Waals surface area contributed by atoms with Gasteiger partial charge in [0.25, 0.3) is 0 Å². The van der Waals surface area contributed by atoms with Gasteiger partial charge in [0.15, 0.2) is 0 Å². The topological polar surface area (TPSA) is 44.1 Å². The van der Waals surface area contributed by atoms with E-state index in [-0.39, 0.29) is 16.7 Å². The van der Waals surface area contributed by atoms with Gasteiger partial charge in [-0.25, -0.2) is 0 Å². The molecule has 0 saturated carbocycles. The number of ether oxygens (including phenoxy) is 1. The van der Waals surface area contributed by atoms with Crippen molar-refractivity contribution in [2.75, 3.05) is 0 Å². The maximum absolute atomic E-state index is 12.4. The van der Waals surface area contributed by atoms with E-state index < -0.39 is 24.8 Å². The summed E-state index contributed by atoms with van der Waals surface area (Å²) < 4.78 is 78.4. The molecule has 0 fully saturated rings. The zero-order valence-corrected chi connectivity index (χ0v) is 11.1. The third-order valence-corrected chi connectivity index (χ3v) is 2.65. The molecule has 0 bridgehead atoms. The van der Waals surface area contributed by atoms with Crippen molar-refractivity contribution in [2.45, 2.75) is 19.1 Å². The maximum Gasteiger partial charge on any atom is 0.573 e. The maximum atomic E-state index is 12.4. The summed E-state index contributed by atoms with van der Waals surface area (Å²) in [5.74, 6) is -0.644. The Bertz CT molecular complexity index is 705. The fraction of sp³-hybridized carbons (Fsp3) is 0.231. The van der Waals surface area contributed by atoms with E-state index in [1.54, 1.807) is 0 Å². The van der Waals surface area contributed by atoms with Crippen molar-refractivity contribution in [1.82, 2.24) is 9.78 Å². The van der Waals surface area contributed by atoms with Gasteiger partial charge in [-0.1, -0.05) is 0 Å². The van der Waals surface area contributed by atoms with E-state index in [0.29, 0.717) is 11.0 Å². The molecule has 0 spiro atoms. The van der Waals surface area contributed by atoms with Crippen LogP contribution in [0.2, 0.25) is 0 Å². The van der Waals surface area contributed by atoms with E-state index in [4.69, 9.17) is 0 Å². The molecule has 0 aliphatic rings. The van der Waals surface area contributed by atoms with E-state index in [9.17, 15) is 31.1 Å². The number of halogens is 6. The Morgan fingerprint density at radius 2 is 1.87 bits per heavy atom. The molecule has 4 nitrogen and oxygen atoms in total. The summed E-state index contributed by atoms with van der Waals surface area (Å²) in [5.41, 5.74) is -0.198. The molecule has 1 heterocycles. The summed E-state index contributed by atoms with van der Waals surface area (Å²) >= 11 is 0. The number of aromatic nitrogens is 2. The van der Waals surface area contributed by atoms with Crippen LogP contribution in [0.1, 0.15) is 10.4 Å². The van der Waals surface area contributed by atoms with Crippen LogP contribution < -0.4 is 4.74 Å². The van der Waals surface area contributed by atoms with Gasteiger partial charge in [0.05, 0.1) is 6.20 Å². The lowest BCUT2D eigenvalue weighted by molar-refractivity contribution is -0.274. The number of carbonyl (C=O) groups excluding carboxylic acids is 1. The number of benzene rings is 1. The number of carbonyl (C=O) groups is 1. The van der Waals surface area contributed by atoms with Crippen LogP contribution in [-0.2, 0) is 6.54 Å². The van der Waals surface area contributed by atoms with Crippen LogP contribution in [0.5, 0.6) is 5.75 Å². The number of hydrogen-bond donors (Lipinski definition) is 0. The lowest BCUT2D eigenvalue weighted by Crippen LogP contribution is -2.18. The molecule has 0 unspecified atom stereocenters. The molecule has 124 valence electrons. The SMILES string of the molecule is O=Cc1ccc(OC(F)(F)F)c(-c2cnn(CC(F)(F)F)c2)c1. The molecule has 0 atom stereocenters. The summed E-state index contributed by atoms with van der Waals surface area (Å²) in [5, 5.41) is 3.44. The van der Waals surface area contributed by atoms with Crippen molar-refractivity contribution in [2.24, 2.45) is 0 Å². The molecule has 0 saturated heterocycles. The van der Waals surface area contributed by atoms with Crippen molar-refractivity contribution in [3.05, 3.63) is 36.2 Å². The highest BCUT2D eigenvalue weighted by atomic mass is 19.4. The fourth-order valence-corrected chi connectivity index (χ4v) is 1.83. The van der Waals surface area contributed by atoms with Crippen LogP contribution in [0, 0.1) is 0 Å². The standard InChI is InChI=1S/C13H8F6N2O2/c14-12(15,16)7-21-5-9(4-20-21)10-3-8(6-22)1-2-11(10)23-13(17,18)19/h1-6H,7H2. The number of alkyl halides is 6. The van der Waals surface area contributed by atoms with Crippen LogP contribution in [0.15, 0.2) is 30.6 Å². The Kier molecular flexibility index (Phi) is 4.35. The second-order valence-corrected chi connectivity index (χ2v) is 4.46. The predicted octanol–water partition coefficient (Wildman–Crippen LogP) is 3.82. The highest BCUT2D eigenvalue weighted by molar-refractivity contribution is 5.81. The number of rotatable bonds is 4. The number of nitrogens with zero attached hydrogens (tertiary/aromatic N) is 2. The first kappa shape index (κ1) is 16.8. The Labute approximate surface area is 125 Å². The average Bonchev–Trinajstić information content (AvgIpc) is 2.83. The molecule has 0 amide bonds. The lowest BCUT2D eigenvalue weighted by atomic mass is 10.1. The molecular weight excluding hydrogens is 330 g/mol. The van der Waals surface area contributed by atoms with E-state index in [1.165, 1.54) is 0 Å². The number of hydrogen-bond acceptors (Lipinski definition) is 3. The largest absolute Gasteiger partial charge is 0.573 e. The second-order valence-electron chi connectivity index (χ2n) is 4.46. The van der Waals surface area contributed by atoms with E-state index in [0.717, 1.165) is 30.6 Å². The Morgan fingerprint density at radius 1 is 1.17 bits per heavy atom. The zero-order valence-electron chi connectivity index (χ0n) is 11.1. The van der Waals surface area contributed by atoms with Crippen LogP contribution in [0.3, 0.4) is 0 Å². The van der Waals surface area contributed by atoms with Gasteiger partial charge in [0, 0.05) is 22.9 Å². The minimum absolute atomic E-state index is 0.0399. The van der Waals surface area contributed by atoms with Gasteiger partial charge in [-0.15, -0.1) is 13.2 Å². The molecular formula is C13H8F6N2O2. The Balaban J connectivity index is 2.42. The molecule has 0 aliphatic heterocycles. The Morgan fingerprint density at radius 3 is 2.43 bits per heavy atom. The van der Waals surface area contributed by atoms with Gasteiger partial charge in [0.2, 0.25) is 0 Å². The smallest absolute Gasteiger partial charge is 0.405 e. The Hall–Kier alpha value is -2.52. The minimum Gasteiger partial charge on any atom is -0.405 e. The van der Waals surface area contributed by atoms with Crippen molar-refractivity contribution in [3.63, 3.8) is 0 Å². The quantitative estimate of drug-likeness (QED) is 0.629. The van der Waals surface area contributed by atoms with Gasteiger partial charge in [-0.3, -0.25) is 9.48 Å². The second kappa shape index (κ2) is 5.94. The summed E-state index contributed by atoms with van der Waals surface area (Å²) in [6, 6.07) is 3.08. The molecule has 1 aromatic heterocycles. The van der Waals surface area contributed by atoms with Gasteiger partial charge < -0.3 is 4.74 Å². The summed E-state index contributed by atoms with van der Waals surface area (Å²) in [6.07, 6.45) is -7.25. The predicted molar refractivity (Wildman–Crippen MR) is 65.8 cm³/mol. The van der Waals surface area contributed by atoms with E-state index in [2.05, 4.69) is 9.84 Å². The molecule has 0 radical (unpaired) electrons. The highest BCUT2D eigenvalue weighted by Gasteiger charge is 2.33. The van der Waals surface area contributed by atoms with Crippen molar-refractivity contribution >= 4 is 6.29 Å². The van der Waals surface area contributed by atoms with Crippen molar-refractivity contribution in [1.29, 1.82) is 0 Å². The minimum atomic E-state index is -4.99. The normalized spacial score (nSPS) is 12.3. The van der Waals surface area contributed by atoms with Gasteiger partial charge in [-0.2, -0.15) is 18.3 Å². The van der Waals surface area contributed by atoms with Crippen LogP contribution in [0.25, 0.3) is 11.1 Å². The van der Waals surface area contributed by atoms with Crippen LogP contribution in [-0.4, -0.2) is 28.6 Å².